The number of carbonyl (C=O) groups is 7. The van der Waals surface area contributed by atoms with Crippen LogP contribution in [0.3, 0.4) is 0 Å². The van der Waals surface area contributed by atoms with Gasteiger partial charge in [0.15, 0.2) is 17.5 Å². The summed E-state index contributed by atoms with van der Waals surface area (Å²) in [6.45, 7) is 11.0. The van der Waals surface area contributed by atoms with Crippen molar-refractivity contribution in [1.29, 1.82) is 0 Å². The molecule has 3 aliphatic carbocycles. The van der Waals surface area contributed by atoms with E-state index in [1.54, 1.807) is 92.8 Å². The number of carbonyl (C=O) groups excluding carboxylic acids is 7. The first-order valence-electron chi connectivity index (χ1n) is 23.3. The average Bonchev–Trinajstić information content (AvgIpc) is 3.32. The summed E-state index contributed by atoms with van der Waals surface area (Å²) >= 11 is 0. The Hall–Kier alpha value is -6.31. The number of ether oxygens (including phenoxy) is 8. The van der Waals surface area contributed by atoms with Crippen molar-refractivity contribution in [3.63, 3.8) is 0 Å². The molecule has 18 heteroatoms. The Morgan fingerprint density at radius 2 is 1.56 bits per heavy atom. The number of Topliss-reactive ketones (excluding diaryl/α,β-unsaturated/α-hetero) is 1. The summed E-state index contributed by atoms with van der Waals surface area (Å²) in [5.74, 6) is -8.05. The summed E-state index contributed by atoms with van der Waals surface area (Å²) in [4.78, 5) is 98.8. The maximum atomic E-state index is 15.7. The Morgan fingerprint density at radius 3 is 2.15 bits per heavy atom. The van der Waals surface area contributed by atoms with E-state index in [2.05, 4.69) is 11.9 Å². The molecule has 0 spiro atoms. The smallest absolute Gasteiger partial charge is 0.350 e. The van der Waals surface area contributed by atoms with Crippen LogP contribution in [0.4, 0.5) is 0 Å². The van der Waals surface area contributed by atoms with Gasteiger partial charge in [-0.05, 0) is 55.7 Å². The van der Waals surface area contributed by atoms with Crippen molar-refractivity contribution in [3.05, 3.63) is 120 Å². The summed E-state index contributed by atoms with van der Waals surface area (Å²) in [6, 6.07) is 14.6. The number of rotatable bonds is 19. The van der Waals surface area contributed by atoms with E-state index in [4.69, 9.17) is 37.9 Å². The van der Waals surface area contributed by atoms with Gasteiger partial charge in [0.25, 0.3) is 5.91 Å². The summed E-state index contributed by atoms with van der Waals surface area (Å²) in [5.41, 5.74) is -7.77. The van der Waals surface area contributed by atoms with Gasteiger partial charge in [-0.15, -0.1) is 0 Å². The van der Waals surface area contributed by atoms with E-state index >= 15 is 9.59 Å². The number of hydrogen-bond donors (Lipinski definition) is 3. The van der Waals surface area contributed by atoms with Gasteiger partial charge in [0, 0.05) is 44.8 Å². The molecule has 1 saturated heterocycles. The number of methoxy groups -OCH3 is 1. The maximum absolute atomic E-state index is 15.7. The molecule has 0 unspecified atom stereocenters. The number of benzene rings is 2. The molecule has 2 aromatic carbocycles. The average molecular weight is 986 g/mol. The van der Waals surface area contributed by atoms with Crippen LogP contribution in [0.15, 0.2) is 109 Å². The fourth-order valence-electron chi connectivity index (χ4n) is 10.5. The highest BCUT2D eigenvalue weighted by Crippen LogP contribution is 2.64. The van der Waals surface area contributed by atoms with Gasteiger partial charge in [0.2, 0.25) is 6.10 Å². The molecule has 71 heavy (non-hydrogen) atoms. The Balaban J connectivity index is 1.54. The molecular formula is C53H63NO17. The predicted octanol–water partition coefficient (Wildman–Crippen LogP) is 4.27. The Bertz CT molecular complexity index is 2430. The van der Waals surface area contributed by atoms with Gasteiger partial charge in [0.05, 0.1) is 48.9 Å². The van der Waals surface area contributed by atoms with E-state index in [0.717, 1.165) is 13.8 Å². The highest BCUT2D eigenvalue weighted by molar-refractivity contribution is 5.96. The molecule has 4 aliphatic rings. The lowest BCUT2D eigenvalue weighted by Crippen LogP contribution is -2.82. The molecule has 382 valence electrons. The number of nitrogens with one attached hydrogen (secondary N) is 1. The monoisotopic (exact) mass is 985 g/mol. The summed E-state index contributed by atoms with van der Waals surface area (Å²) < 4.78 is 46.9. The highest BCUT2D eigenvalue weighted by atomic mass is 16.6. The quantitative estimate of drug-likeness (QED) is 0.0585. The topological polar surface area (TPSA) is 246 Å². The van der Waals surface area contributed by atoms with Crippen molar-refractivity contribution in [1.82, 2.24) is 5.32 Å². The number of hydrogen-bond acceptors (Lipinski definition) is 17. The number of allylic oxidation sites excluding steroid dienone is 4. The van der Waals surface area contributed by atoms with Crippen LogP contribution < -0.4 is 5.32 Å². The Kier molecular flexibility index (Phi) is 17.1. The molecule has 1 amide bonds. The Labute approximate surface area is 412 Å². The SMILES string of the molecule is C=C/C=C\C=C/C[C@H](NC(=O)c1ccccc1)[C@@H](OC(=O)COCCOC)C(=O)O[C@H]1C[C@@]2(O)[C@@H](OC(=O)c3ccccc3)[C@@H]3[C@]4(OC(C)=O)CO[C@@H]4C[C@H](O)[C@@]3(C)C(=O)[C@H](OC(C)=O)C(=C1C)C2(C)C. The normalized spacial score (nSPS) is 29.5. The van der Waals surface area contributed by atoms with E-state index in [1.165, 1.54) is 33.1 Å². The second kappa shape index (κ2) is 22.4. The molecule has 0 radical (unpaired) electrons. The minimum Gasteiger partial charge on any atom is -0.455 e. The van der Waals surface area contributed by atoms with Crippen molar-refractivity contribution < 1.29 is 81.7 Å². The lowest BCUT2D eigenvalue weighted by Gasteiger charge is -2.67. The highest BCUT2D eigenvalue weighted by Gasteiger charge is 2.78. The van der Waals surface area contributed by atoms with Gasteiger partial charge in [-0.25, -0.2) is 14.4 Å². The van der Waals surface area contributed by atoms with E-state index in [-0.39, 0.29) is 54.9 Å². The molecule has 0 aromatic heterocycles. The van der Waals surface area contributed by atoms with E-state index in [9.17, 15) is 34.2 Å². The van der Waals surface area contributed by atoms with Crippen molar-refractivity contribution >= 4 is 41.5 Å². The molecule has 18 nitrogen and oxygen atoms in total. The van der Waals surface area contributed by atoms with E-state index < -0.39 is 125 Å². The molecule has 1 aliphatic heterocycles. The lowest BCUT2D eigenvalue weighted by molar-refractivity contribution is -0.346. The predicted molar refractivity (Wildman–Crippen MR) is 252 cm³/mol. The molecule has 2 bridgehead atoms. The molecular weight excluding hydrogens is 923 g/mol. The first-order chi connectivity index (χ1) is 33.7. The van der Waals surface area contributed by atoms with Crippen LogP contribution >= 0.6 is 0 Å². The van der Waals surface area contributed by atoms with Gasteiger partial charge in [0.1, 0.15) is 30.5 Å². The fourth-order valence-corrected chi connectivity index (χ4v) is 10.5. The molecule has 1 heterocycles. The standard InChI is InChI=1S/C53H63NO17/c1-9-10-11-12-19-24-36(54-47(60)34-20-15-13-16-21-34)42(69-40(58)29-65-26-25-64-8)49(62)68-37-28-53(63)46(70-48(61)35-22-17-14-18-23-35)44-51(7,38(57)27-39-52(44,30-66-39)71-33(4)56)45(59)43(67-32(3)55)41(31(37)2)50(53,5)6/h9-23,36-39,42-44,46,57,63H,1,24-30H2,2-8H3,(H,54,60)/b11-10-,19-12-/t36-,37-,38-,39+,42+,43+,44-,46-,51+,52-,53+/m0/s1. The van der Waals surface area contributed by atoms with Crippen LogP contribution in [0.5, 0.6) is 0 Å². The van der Waals surface area contributed by atoms with Crippen LogP contribution in [0.2, 0.25) is 0 Å². The first kappa shape index (κ1) is 54.0. The fraction of sp³-hybridized carbons (Fsp3) is 0.491. The van der Waals surface area contributed by atoms with Crippen LogP contribution in [-0.2, 0) is 61.9 Å². The van der Waals surface area contributed by atoms with E-state index in [1.807, 2.05) is 0 Å². The van der Waals surface area contributed by atoms with Gasteiger partial charge in [-0.3, -0.25) is 19.2 Å². The number of ketones is 1. The number of esters is 5. The zero-order valence-corrected chi connectivity index (χ0v) is 41.0. The third kappa shape index (κ3) is 10.8. The lowest BCUT2D eigenvalue weighted by atomic mass is 9.44. The summed E-state index contributed by atoms with van der Waals surface area (Å²) in [6.07, 6.45) is -2.78. The van der Waals surface area contributed by atoms with Crippen molar-refractivity contribution in [3.8, 4) is 0 Å². The Morgan fingerprint density at radius 1 is 0.901 bits per heavy atom. The zero-order chi connectivity index (χ0) is 51.9. The number of aliphatic hydroxyl groups is 2. The number of fused-ring (bicyclic) bond motifs is 5. The summed E-state index contributed by atoms with van der Waals surface area (Å²) in [7, 11) is 1.44. The second-order valence-electron chi connectivity index (χ2n) is 18.9. The van der Waals surface area contributed by atoms with Crippen molar-refractivity contribution in [2.75, 3.05) is 33.5 Å². The zero-order valence-electron chi connectivity index (χ0n) is 41.0. The van der Waals surface area contributed by atoms with Crippen LogP contribution in [0.1, 0.15) is 81.5 Å². The maximum Gasteiger partial charge on any atom is 0.350 e. The summed E-state index contributed by atoms with van der Waals surface area (Å²) in [5, 5.41) is 28.9. The molecule has 2 aromatic rings. The van der Waals surface area contributed by atoms with Crippen molar-refractivity contribution in [2.24, 2.45) is 16.7 Å². The molecule has 6 rings (SSSR count). The molecule has 2 saturated carbocycles. The van der Waals surface area contributed by atoms with Gasteiger partial charge in [-0.2, -0.15) is 0 Å². The van der Waals surface area contributed by atoms with Gasteiger partial charge >= 0.3 is 29.8 Å². The molecule has 3 N–H and O–H groups in total. The minimum absolute atomic E-state index is 0.00259. The third-order valence-electron chi connectivity index (χ3n) is 14.2. The minimum atomic E-state index is -2.46. The third-order valence-corrected chi connectivity index (χ3v) is 14.2. The van der Waals surface area contributed by atoms with E-state index in [0.29, 0.717) is 0 Å². The number of aliphatic hydroxyl groups excluding tert-OH is 1. The number of amides is 1. The van der Waals surface area contributed by atoms with Gasteiger partial charge in [-0.1, -0.05) is 87.2 Å². The van der Waals surface area contributed by atoms with Crippen molar-refractivity contribution in [2.45, 2.75) is 115 Å². The first-order valence-corrected chi connectivity index (χ1v) is 23.3. The van der Waals surface area contributed by atoms with Crippen LogP contribution in [-0.4, -0.2) is 139 Å². The molecule has 11 atom stereocenters. The van der Waals surface area contributed by atoms with Gasteiger partial charge < -0.3 is 53.4 Å². The molecule has 3 fully saturated rings. The van der Waals surface area contributed by atoms with Crippen LogP contribution in [0.25, 0.3) is 0 Å². The van der Waals surface area contributed by atoms with Crippen LogP contribution in [0, 0.1) is 16.7 Å². The second-order valence-corrected chi connectivity index (χ2v) is 18.9. The largest absolute Gasteiger partial charge is 0.455 e.